The summed E-state index contributed by atoms with van der Waals surface area (Å²) in [6, 6.07) is 5.27. The zero-order valence-electron chi connectivity index (χ0n) is 14.6. The number of aromatic nitrogens is 4. The molecular weight excluding hydrogens is 334 g/mol. The SMILES string of the molecule is Cc1ccc2nc(C(=O)N3CCO[C@H](c4nc(C)cc(=O)[nH]4)C3)cn2c1. The predicted molar refractivity (Wildman–Crippen MR) is 94.1 cm³/mol. The quantitative estimate of drug-likeness (QED) is 0.748. The van der Waals surface area contributed by atoms with Crippen molar-refractivity contribution in [2.45, 2.75) is 20.0 Å². The van der Waals surface area contributed by atoms with Crippen LogP contribution >= 0.6 is 0 Å². The zero-order chi connectivity index (χ0) is 18.3. The summed E-state index contributed by atoms with van der Waals surface area (Å²) in [4.78, 5) is 37.7. The highest BCUT2D eigenvalue weighted by Crippen LogP contribution is 2.20. The summed E-state index contributed by atoms with van der Waals surface area (Å²) >= 11 is 0. The lowest BCUT2D eigenvalue weighted by molar-refractivity contribution is -0.0271. The topological polar surface area (TPSA) is 92.6 Å². The average Bonchev–Trinajstić information content (AvgIpc) is 3.03. The van der Waals surface area contributed by atoms with Crippen LogP contribution in [0.4, 0.5) is 0 Å². The van der Waals surface area contributed by atoms with Crippen molar-refractivity contribution < 1.29 is 9.53 Å². The number of pyridine rings is 1. The van der Waals surface area contributed by atoms with E-state index in [0.29, 0.717) is 36.9 Å². The van der Waals surface area contributed by atoms with Crippen LogP contribution in [0, 0.1) is 13.8 Å². The molecule has 4 heterocycles. The minimum absolute atomic E-state index is 0.158. The van der Waals surface area contributed by atoms with Crippen LogP contribution < -0.4 is 5.56 Å². The largest absolute Gasteiger partial charge is 0.367 e. The first kappa shape index (κ1) is 16.5. The Morgan fingerprint density at radius 2 is 2.12 bits per heavy atom. The number of imidazole rings is 1. The minimum Gasteiger partial charge on any atom is -0.367 e. The van der Waals surface area contributed by atoms with E-state index >= 15 is 0 Å². The first-order chi connectivity index (χ1) is 12.5. The van der Waals surface area contributed by atoms with Crippen molar-refractivity contribution in [2.75, 3.05) is 19.7 Å². The van der Waals surface area contributed by atoms with Crippen molar-refractivity contribution in [3.05, 3.63) is 63.7 Å². The monoisotopic (exact) mass is 353 g/mol. The van der Waals surface area contributed by atoms with E-state index in [1.807, 2.05) is 29.7 Å². The van der Waals surface area contributed by atoms with E-state index in [2.05, 4.69) is 15.0 Å². The number of fused-ring (bicyclic) bond motifs is 1. The van der Waals surface area contributed by atoms with Crippen molar-refractivity contribution >= 4 is 11.6 Å². The maximum Gasteiger partial charge on any atom is 0.274 e. The number of carbonyl (C=O) groups is 1. The van der Waals surface area contributed by atoms with Gasteiger partial charge in [-0.1, -0.05) is 6.07 Å². The van der Waals surface area contributed by atoms with Gasteiger partial charge in [-0.2, -0.15) is 0 Å². The molecule has 1 fully saturated rings. The number of nitrogens with zero attached hydrogens (tertiary/aromatic N) is 4. The van der Waals surface area contributed by atoms with E-state index in [1.165, 1.54) is 6.07 Å². The van der Waals surface area contributed by atoms with Gasteiger partial charge in [0.15, 0.2) is 0 Å². The number of nitrogens with one attached hydrogen (secondary N) is 1. The minimum atomic E-state index is -0.459. The summed E-state index contributed by atoms with van der Waals surface area (Å²) < 4.78 is 7.56. The van der Waals surface area contributed by atoms with E-state index in [-0.39, 0.29) is 11.5 Å². The van der Waals surface area contributed by atoms with Gasteiger partial charge in [-0.25, -0.2) is 9.97 Å². The van der Waals surface area contributed by atoms with Crippen LogP contribution in [0.1, 0.15) is 33.7 Å². The molecule has 3 aromatic rings. The van der Waals surface area contributed by atoms with Gasteiger partial charge in [-0.3, -0.25) is 9.59 Å². The van der Waals surface area contributed by atoms with Gasteiger partial charge in [0.1, 0.15) is 23.3 Å². The van der Waals surface area contributed by atoms with Gasteiger partial charge in [0.05, 0.1) is 13.2 Å². The van der Waals surface area contributed by atoms with E-state index in [4.69, 9.17) is 4.74 Å². The Kier molecular flexibility index (Phi) is 4.04. The molecule has 1 aliphatic heterocycles. The molecule has 1 aliphatic rings. The molecule has 1 N–H and O–H groups in total. The molecule has 4 rings (SSSR count). The molecule has 0 aliphatic carbocycles. The van der Waals surface area contributed by atoms with Gasteiger partial charge < -0.3 is 19.0 Å². The normalized spacial score (nSPS) is 17.6. The lowest BCUT2D eigenvalue weighted by atomic mass is 10.2. The first-order valence-corrected chi connectivity index (χ1v) is 8.44. The summed E-state index contributed by atoms with van der Waals surface area (Å²) in [5.74, 6) is 0.285. The second-order valence-electron chi connectivity index (χ2n) is 6.48. The Bertz CT molecular complexity index is 1040. The van der Waals surface area contributed by atoms with Crippen LogP contribution in [0.2, 0.25) is 0 Å². The average molecular weight is 353 g/mol. The Morgan fingerprint density at radius 3 is 2.92 bits per heavy atom. The summed E-state index contributed by atoms with van der Waals surface area (Å²) in [6.45, 7) is 4.91. The zero-order valence-corrected chi connectivity index (χ0v) is 14.6. The molecule has 8 heteroatoms. The highest BCUT2D eigenvalue weighted by atomic mass is 16.5. The summed E-state index contributed by atoms with van der Waals surface area (Å²) in [6.07, 6.45) is 3.21. The Labute approximate surface area is 149 Å². The molecule has 0 spiro atoms. The number of aryl methyl sites for hydroxylation is 2. The molecule has 1 atom stereocenters. The van der Waals surface area contributed by atoms with Crippen LogP contribution in [0.3, 0.4) is 0 Å². The predicted octanol–water partition coefficient (Wildman–Crippen LogP) is 1.25. The third-order valence-corrected chi connectivity index (χ3v) is 4.36. The van der Waals surface area contributed by atoms with Crippen LogP contribution in [0.5, 0.6) is 0 Å². The first-order valence-electron chi connectivity index (χ1n) is 8.44. The van der Waals surface area contributed by atoms with Gasteiger partial charge in [0.25, 0.3) is 11.5 Å². The van der Waals surface area contributed by atoms with Crippen molar-refractivity contribution in [2.24, 2.45) is 0 Å². The lowest BCUT2D eigenvalue weighted by Crippen LogP contribution is -2.43. The maximum atomic E-state index is 12.9. The van der Waals surface area contributed by atoms with Gasteiger partial charge in [0, 0.05) is 30.7 Å². The molecule has 1 saturated heterocycles. The van der Waals surface area contributed by atoms with Crippen molar-refractivity contribution in [1.82, 2.24) is 24.3 Å². The van der Waals surface area contributed by atoms with Crippen LogP contribution in [0.25, 0.3) is 5.65 Å². The van der Waals surface area contributed by atoms with E-state index in [0.717, 1.165) is 11.2 Å². The fourth-order valence-corrected chi connectivity index (χ4v) is 3.12. The molecule has 0 unspecified atom stereocenters. The van der Waals surface area contributed by atoms with E-state index < -0.39 is 6.10 Å². The van der Waals surface area contributed by atoms with Crippen molar-refractivity contribution in [3.63, 3.8) is 0 Å². The van der Waals surface area contributed by atoms with E-state index in [9.17, 15) is 9.59 Å². The number of hydrogen-bond donors (Lipinski definition) is 1. The summed E-state index contributed by atoms with van der Waals surface area (Å²) in [5, 5.41) is 0. The molecule has 0 radical (unpaired) electrons. The summed E-state index contributed by atoms with van der Waals surface area (Å²) in [5.41, 5.74) is 2.60. The highest BCUT2D eigenvalue weighted by Gasteiger charge is 2.29. The second kappa shape index (κ2) is 6.38. The summed E-state index contributed by atoms with van der Waals surface area (Å²) in [7, 11) is 0. The second-order valence-corrected chi connectivity index (χ2v) is 6.48. The lowest BCUT2D eigenvalue weighted by Gasteiger charge is -2.32. The number of morpholine rings is 1. The highest BCUT2D eigenvalue weighted by molar-refractivity contribution is 5.93. The van der Waals surface area contributed by atoms with Crippen LogP contribution in [-0.2, 0) is 4.74 Å². The molecule has 8 nitrogen and oxygen atoms in total. The third-order valence-electron chi connectivity index (χ3n) is 4.36. The number of hydrogen-bond acceptors (Lipinski definition) is 5. The van der Waals surface area contributed by atoms with Gasteiger partial charge in [0.2, 0.25) is 0 Å². The standard InChI is InChI=1S/C18H19N5O3/c1-11-3-4-15-20-13(9-23(15)8-11)18(25)22-5-6-26-14(10-22)17-19-12(2)7-16(24)21-17/h3-4,7-9,14H,5-6,10H2,1-2H3,(H,19,21,24)/t14-/m0/s1. The van der Waals surface area contributed by atoms with Gasteiger partial charge in [-0.05, 0) is 25.5 Å². The number of ether oxygens (including phenoxy) is 1. The molecule has 1 amide bonds. The van der Waals surface area contributed by atoms with Gasteiger partial charge in [-0.15, -0.1) is 0 Å². The van der Waals surface area contributed by atoms with Crippen LogP contribution in [0.15, 0.2) is 35.4 Å². The molecule has 0 bridgehead atoms. The molecule has 0 aromatic carbocycles. The van der Waals surface area contributed by atoms with Crippen LogP contribution in [-0.4, -0.2) is 49.9 Å². The fourth-order valence-electron chi connectivity index (χ4n) is 3.12. The van der Waals surface area contributed by atoms with E-state index in [1.54, 1.807) is 18.0 Å². The fraction of sp³-hybridized carbons (Fsp3) is 0.333. The number of carbonyl (C=O) groups excluding carboxylic acids is 1. The molecule has 0 saturated carbocycles. The smallest absolute Gasteiger partial charge is 0.274 e. The molecular formula is C18H19N5O3. The Morgan fingerprint density at radius 1 is 1.27 bits per heavy atom. The molecule has 134 valence electrons. The van der Waals surface area contributed by atoms with Crippen molar-refractivity contribution in [1.29, 1.82) is 0 Å². The molecule has 26 heavy (non-hydrogen) atoms. The Balaban J connectivity index is 1.58. The van der Waals surface area contributed by atoms with Gasteiger partial charge >= 0.3 is 0 Å². The molecule has 3 aromatic heterocycles. The van der Waals surface area contributed by atoms with Crippen molar-refractivity contribution in [3.8, 4) is 0 Å². The Hall–Kier alpha value is -3.00. The number of aromatic amines is 1. The number of amides is 1. The maximum absolute atomic E-state index is 12.9. The number of H-pyrrole nitrogens is 1. The third kappa shape index (κ3) is 3.11. The number of rotatable bonds is 2.